The van der Waals surface area contributed by atoms with Crippen LogP contribution in [0.4, 0.5) is 0 Å². The van der Waals surface area contributed by atoms with Crippen molar-refractivity contribution in [2.45, 2.75) is 59.0 Å². The molecule has 0 bridgehead atoms. The molecule has 2 rings (SSSR count). The van der Waals surface area contributed by atoms with Crippen molar-refractivity contribution in [1.82, 2.24) is 10.2 Å². The zero-order chi connectivity index (χ0) is 23.0. The predicted octanol–water partition coefficient (Wildman–Crippen LogP) is 2.24. The number of carbonyl (C=O) groups is 4. The Balaban J connectivity index is 1.97. The molecule has 1 aliphatic heterocycles. The number of esters is 2. The van der Waals surface area contributed by atoms with Gasteiger partial charge in [0.1, 0.15) is 12.1 Å². The number of amides is 2. The van der Waals surface area contributed by atoms with Gasteiger partial charge in [-0.2, -0.15) is 0 Å². The average Bonchev–Trinajstić information content (AvgIpc) is 2.75. The number of ether oxygens (including phenoxy) is 2. The number of piperidine rings is 1. The maximum absolute atomic E-state index is 12.6. The van der Waals surface area contributed by atoms with Gasteiger partial charge in [-0.25, -0.2) is 9.59 Å². The van der Waals surface area contributed by atoms with Crippen LogP contribution in [0.15, 0.2) is 24.3 Å². The van der Waals surface area contributed by atoms with Crippen LogP contribution in [0.5, 0.6) is 0 Å². The quantitative estimate of drug-likeness (QED) is 0.632. The first-order valence-corrected chi connectivity index (χ1v) is 10.7. The van der Waals surface area contributed by atoms with E-state index in [-0.39, 0.29) is 18.4 Å². The van der Waals surface area contributed by atoms with Crippen molar-refractivity contribution in [3.05, 3.63) is 35.4 Å². The lowest BCUT2D eigenvalue weighted by Gasteiger charge is -2.34. The third-order valence-electron chi connectivity index (χ3n) is 5.24. The first-order valence-electron chi connectivity index (χ1n) is 10.7. The van der Waals surface area contributed by atoms with Gasteiger partial charge >= 0.3 is 11.9 Å². The Kier molecular flexibility index (Phi) is 9.03. The maximum atomic E-state index is 12.6. The highest BCUT2D eigenvalue weighted by molar-refractivity contribution is 5.97. The normalized spacial score (nSPS) is 17.1. The molecular weight excluding hydrogens is 400 g/mol. The second kappa shape index (κ2) is 11.5. The number of nitrogens with zero attached hydrogens (tertiary/aromatic N) is 1. The zero-order valence-corrected chi connectivity index (χ0v) is 18.7. The van der Waals surface area contributed by atoms with Crippen LogP contribution >= 0.6 is 0 Å². The van der Waals surface area contributed by atoms with Crippen molar-refractivity contribution in [3.8, 4) is 0 Å². The summed E-state index contributed by atoms with van der Waals surface area (Å²) >= 11 is 0. The Labute approximate surface area is 183 Å². The fourth-order valence-electron chi connectivity index (χ4n) is 3.45. The minimum atomic E-state index is -0.899. The summed E-state index contributed by atoms with van der Waals surface area (Å²) in [5.74, 6) is -2.20. The summed E-state index contributed by atoms with van der Waals surface area (Å²) < 4.78 is 10.3. The van der Waals surface area contributed by atoms with E-state index in [2.05, 4.69) is 5.32 Å². The van der Waals surface area contributed by atoms with Gasteiger partial charge in [-0.05, 0) is 51.2 Å². The highest BCUT2D eigenvalue weighted by atomic mass is 16.5. The number of rotatable bonds is 8. The van der Waals surface area contributed by atoms with Crippen molar-refractivity contribution in [1.29, 1.82) is 0 Å². The van der Waals surface area contributed by atoms with Crippen molar-refractivity contribution >= 4 is 23.8 Å². The molecule has 1 N–H and O–H groups in total. The highest BCUT2D eigenvalue weighted by Gasteiger charge is 2.34. The van der Waals surface area contributed by atoms with Crippen LogP contribution in [0.25, 0.3) is 0 Å². The SMILES string of the molecule is CCOC(=O)C1CCCCN1C(=O)COC(=O)[C@@H](NC(=O)c1ccc(C)cc1)C(C)C. The third-order valence-corrected chi connectivity index (χ3v) is 5.24. The first kappa shape index (κ1) is 24.4. The number of likely N-dealkylation sites (tertiary alicyclic amines) is 1. The molecule has 8 nitrogen and oxygen atoms in total. The van der Waals surface area contributed by atoms with Gasteiger partial charge in [0.15, 0.2) is 6.61 Å². The van der Waals surface area contributed by atoms with Gasteiger partial charge in [-0.3, -0.25) is 9.59 Å². The van der Waals surface area contributed by atoms with E-state index < -0.39 is 36.5 Å². The smallest absolute Gasteiger partial charge is 0.329 e. The standard InChI is InChI=1S/C23H32N2O6/c1-5-30-22(28)18-8-6-7-13-25(18)19(26)14-31-23(29)20(15(2)3)24-21(27)17-11-9-16(4)10-12-17/h9-12,15,18,20H,5-8,13-14H2,1-4H3,(H,24,27)/t18?,20-/m0/s1. The second-order valence-corrected chi connectivity index (χ2v) is 8.02. The minimum absolute atomic E-state index is 0.237. The van der Waals surface area contributed by atoms with Crippen molar-refractivity contribution < 1.29 is 28.7 Å². The second-order valence-electron chi connectivity index (χ2n) is 8.02. The van der Waals surface area contributed by atoms with Gasteiger partial charge < -0.3 is 19.7 Å². The molecule has 170 valence electrons. The van der Waals surface area contributed by atoms with E-state index in [9.17, 15) is 19.2 Å². The van der Waals surface area contributed by atoms with E-state index in [4.69, 9.17) is 9.47 Å². The Bertz CT molecular complexity index is 790. The minimum Gasteiger partial charge on any atom is -0.464 e. The van der Waals surface area contributed by atoms with E-state index in [0.29, 0.717) is 18.5 Å². The van der Waals surface area contributed by atoms with E-state index in [1.54, 1.807) is 32.9 Å². The van der Waals surface area contributed by atoms with E-state index in [1.165, 1.54) is 4.90 Å². The van der Waals surface area contributed by atoms with Crippen molar-refractivity contribution in [2.24, 2.45) is 5.92 Å². The Morgan fingerprint density at radius 3 is 2.39 bits per heavy atom. The lowest BCUT2D eigenvalue weighted by molar-refractivity contribution is -0.161. The van der Waals surface area contributed by atoms with Crippen LogP contribution in [-0.2, 0) is 23.9 Å². The highest BCUT2D eigenvalue weighted by Crippen LogP contribution is 2.19. The monoisotopic (exact) mass is 432 g/mol. The number of carbonyl (C=O) groups excluding carboxylic acids is 4. The third kappa shape index (κ3) is 6.80. The largest absolute Gasteiger partial charge is 0.464 e. The number of aryl methyl sites for hydroxylation is 1. The van der Waals surface area contributed by atoms with Gasteiger partial charge in [0.25, 0.3) is 11.8 Å². The lowest BCUT2D eigenvalue weighted by Crippen LogP contribution is -2.51. The molecule has 1 saturated heterocycles. The zero-order valence-electron chi connectivity index (χ0n) is 18.7. The molecule has 0 spiro atoms. The van der Waals surface area contributed by atoms with Crippen molar-refractivity contribution in [3.63, 3.8) is 0 Å². The fraction of sp³-hybridized carbons (Fsp3) is 0.565. The molecule has 0 aliphatic carbocycles. The van der Waals surface area contributed by atoms with E-state index in [0.717, 1.165) is 18.4 Å². The number of nitrogens with one attached hydrogen (secondary N) is 1. The molecule has 1 fully saturated rings. The molecule has 1 aromatic carbocycles. The number of hydrogen-bond acceptors (Lipinski definition) is 6. The fourth-order valence-corrected chi connectivity index (χ4v) is 3.45. The first-order chi connectivity index (χ1) is 14.7. The molecule has 1 aliphatic rings. The summed E-state index contributed by atoms with van der Waals surface area (Å²) in [6, 6.07) is 5.45. The topological polar surface area (TPSA) is 102 Å². The summed E-state index contributed by atoms with van der Waals surface area (Å²) in [5.41, 5.74) is 1.46. The summed E-state index contributed by atoms with van der Waals surface area (Å²) in [7, 11) is 0. The Hall–Kier alpha value is -2.90. The van der Waals surface area contributed by atoms with Crippen LogP contribution in [0.1, 0.15) is 56.0 Å². The molecule has 0 saturated carbocycles. The number of hydrogen-bond donors (Lipinski definition) is 1. The molecular formula is C23H32N2O6. The van der Waals surface area contributed by atoms with Crippen LogP contribution in [0.2, 0.25) is 0 Å². The summed E-state index contributed by atoms with van der Waals surface area (Å²) in [6.45, 7) is 7.36. The predicted molar refractivity (Wildman–Crippen MR) is 114 cm³/mol. The van der Waals surface area contributed by atoms with Crippen LogP contribution in [-0.4, -0.2) is 60.5 Å². The molecule has 2 atom stereocenters. The molecule has 1 aromatic rings. The Morgan fingerprint density at radius 1 is 1.10 bits per heavy atom. The molecule has 1 heterocycles. The van der Waals surface area contributed by atoms with Gasteiger partial charge in [0.2, 0.25) is 0 Å². The van der Waals surface area contributed by atoms with Gasteiger partial charge in [0, 0.05) is 12.1 Å². The summed E-state index contributed by atoms with van der Waals surface area (Å²) in [6.07, 6.45) is 2.13. The molecule has 31 heavy (non-hydrogen) atoms. The van der Waals surface area contributed by atoms with Gasteiger partial charge in [-0.15, -0.1) is 0 Å². The lowest BCUT2D eigenvalue weighted by atomic mass is 10.0. The Morgan fingerprint density at radius 2 is 1.77 bits per heavy atom. The number of benzene rings is 1. The molecule has 1 unspecified atom stereocenters. The van der Waals surface area contributed by atoms with E-state index >= 15 is 0 Å². The van der Waals surface area contributed by atoms with Crippen LogP contribution < -0.4 is 5.32 Å². The molecule has 2 amide bonds. The molecule has 0 aromatic heterocycles. The van der Waals surface area contributed by atoms with Crippen LogP contribution in [0, 0.1) is 12.8 Å². The van der Waals surface area contributed by atoms with Crippen LogP contribution in [0.3, 0.4) is 0 Å². The average molecular weight is 433 g/mol. The maximum Gasteiger partial charge on any atom is 0.329 e. The summed E-state index contributed by atoms with van der Waals surface area (Å²) in [4.78, 5) is 51.3. The summed E-state index contributed by atoms with van der Waals surface area (Å²) in [5, 5.41) is 2.69. The van der Waals surface area contributed by atoms with E-state index in [1.807, 2.05) is 19.1 Å². The van der Waals surface area contributed by atoms with Gasteiger partial charge in [0.05, 0.1) is 6.61 Å². The molecule has 0 radical (unpaired) electrons. The van der Waals surface area contributed by atoms with Gasteiger partial charge in [-0.1, -0.05) is 31.5 Å². The molecule has 8 heteroatoms. The van der Waals surface area contributed by atoms with Crippen molar-refractivity contribution in [2.75, 3.05) is 19.8 Å².